The predicted molar refractivity (Wildman–Crippen MR) is 128 cm³/mol. The van der Waals surface area contributed by atoms with E-state index in [0.29, 0.717) is 23.9 Å². The number of nitrogens with two attached hydrogens (primary N) is 1. The monoisotopic (exact) mass is 445 g/mol. The normalized spacial score (nSPS) is 15.2. The predicted octanol–water partition coefficient (Wildman–Crippen LogP) is 3.98. The van der Waals surface area contributed by atoms with Crippen molar-refractivity contribution in [2.24, 2.45) is 0 Å². The molecule has 3 aromatic carbocycles. The third-order valence-electron chi connectivity index (χ3n) is 6.31. The van der Waals surface area contributed by atoms with Crippen LogP contribution in [0, 0.1) is 0 Å². The number of hydrogen-bond donors (Lipinski definition) is 2. The molecule has 5 rings (SSSR count). The highest BCUT2D eigenvalue weighted by molar-refractivity contribution is 5.86. The molecule has 1 aromatic heterocycles. The molecule has 0 fully saturated rings. The number of quaternary nitrogens is 1. The van der Waals surface area contributed by atoms with Gasteiger partial charge in [-0.15, -0.1) is 0 Å². The minimum absolute atomic E-state index is 0.114. The molecule has 3 N–H and O–H groups in total. The summed E-state index contributed by atoms with van der Waals surface area (Å²) < 4.78 is 22.8. The van der Waals surface area contributed by atoms with Gasteiger partial charge in [0.15, 0.2) is 17.5 Å². The number of H-pyrrole nitrogens is 1. The zero-order valence-electron chi connectivity index (χ0n) is 19.2. The molecule has 33 heavy (non-hydrogen) atoms. The van der Waals surface area contributed by atoms with Crippen molar-refractivity contribution in [1.29, 1.82) is 0 Å². The first kappa shape index (κ1) is 21.2. The molecule has 4 aromatic rings. The van der Waals surface area contributed by atoms with E-state index in [-0.39, 0.29) is 6.04 Å². The average Bonchev–Trinajstić information content (AvgIpc) is 3.25. The molecule has 6 heteroatoms. The Morgan fingerprint density at radius 2 is 1.67 bits per heavy atom. The van der Waals surface area contributed by atoms with E-state index >= 15 is 0 Å². The maximum atomic E-state index is 6.09. The second kappa shape index (κ2) is 9.08. The summed E-state index contributed by atoms with van der Waals surface area (Å²) in [5.74, 6) is 2.82. The van der Waals surface area contributed by atoms with Crippen LogP contribution in [0.3, 0.4) is 0 Å². The van der Waals surface area contributed by atoms with Crippen molar-refractivity contribution >= 4 is 10.9 Å². The Kier molecular flexibility index (Phi) is 5.84. The van der Waals surface area contributed by atoms with E-state index in [1.54, 1.807) is 21.3 Å². The SMILES string of the molecule is COc1cc([C@H]2[NH2+]CCc3c2[nH]c2ccc(OCc4ccccc4)cc32)cc(OC)c1OC. The lowest BCUT2D eigenvalue weighted by atomic mass is 9.94. The first-order valence-corrected chi connectivity index (χ1v) is 11.2. The van der Waals surface area contributed by atoms with Gasteiger partial charge in [-0.3, -0.25) is 0 Å². The van der Waals surface area contributed by atoms with Crippen molar-refractivity contribution in [3.8, 4) is 23.0 Å². The van der Waals surface area contributed by atoms with E-state index in [1.807, 2.05) is 36.4 Å². The molecule has 0 radical (unpaired) electrons. The standard InChI is InChI=1S/C27H28N2O4/c1-30-23-13-18(14-24(31-2)27(23)32-3)25-26-20(11-12-28-25)21-15-19(9-10-22(21)29-26)33-16-17-7-5-4-6-8-17/h4-10,13-15,25,28-29H,11-12,16H2,1-3H3/p+1/t25-/m1/s1. The molecular weight excluding hydrogens is 416 g/mol. The molecule has 0 amide bonds. The molecule has 170 valence electrons. The molecule has 0 saturated carbocycles. The quantitative estimate of drug-likeness (QED) is 0.452. The number of rotatable bonds is 7. The van der Waals surface area contributed by atoms with Crippen molar-refractivity contribution < 1.29 is 24.3 Å². The van der Waals surface area contributed by atoms with Gasteiger partial charge in [0.1, 0.15) is 12.4 Å². The number of nitrogens with one attached hydrogen (secondary N) is 1. The number of aromatic nitrogens is 1. The molecule has 2 heterocycles. The van der Waals surface area contributed by atoms with Crippen LogP contribution in [0.2, 0.25) is 0 Å². The summed E-state index contributed by atoms with van der Waals surface area (Å²) in [4.78, 5) is 3.67. The summed E-state index contributed by atoms with van der Waals surface area (Å²) in [6.45, 7) is 1.55. The van der Waals surface area contributed by atoms with E-state index in [4.69, 9.17) is 18.9 Å². The summed E-state index contributed by atoms with van der Waals surface area (Å²) >= 11 is 0. The van der Waals surface area contributed by atoms with Crippen LogP contribution in [-0.4, -0.2) is 32.9 Å². The maximum Gasteiger partial charge on any atom is 0.203 e. The van der Waals surface area contributed by atoms with Gasteiger partial charge < -0.3 is 29.2 Å². The largest absolute Gasteiger partial charge is 0.493 e. The van der Waals surface area contributed by atoms with Gasteiger partial charge >= 0.3 is 0 Å². The second-order valence-electron chi connectivity index (χ2n) is 8.21. The van der Waals surface area contributed by atoms with Gasteiger partial charge in [-0.2, -0.15) is 0 Å². The van der Waals surface area contributed by atoms with E-state index in [0.717, 1.165) is 35.4 Å². The van der Waals surface area contributed by atoms with Crippen LogP contribution in [-0.2, 0) is 13.0 Å². The van der Waals surface area contributed by atoms with Gasteiger partial charge in [-0.05, 0) is 41.5 Å². The van der Waals surface area contributed by atoms with E-state index in [2.05, 4.69) is 34.6 Å². The summed E-state index contributed by atoms with van der Waals surface area (Å²) in [6, 6.07) is 20.7. The number of hydrogen-bond acceptors (Lipinski definition) is 4. The van der Waals surface area contributed by atoms with Crippen molar-refractivity contribution in [1.82, 2.24) is 4.98 Å². The smallest absolute Gasteiger partial charge is 0.203 e. The van der Waals surface area contributed by atoms with Crippen LogP contribution in [0.5, 0.6) is 23.0 Å². The Morgan fingerprint density at radius 1 is 0.909 bits per heavy atom. The van der Waals surface area contributed by atoms with Crippen LogP contribution in [0.4, 0.5) is 0 Å². The fraction of sp³-hybridized carbons (Fsp3) is 0.259. The average molecular weight is 446 g/mol. The lowest BCUT2D eigenvalue weighted by Crippen LogP contribution is -2.87. The van der Waals surface area contributed by atoms with Crippen molar-refractivity contribution in [2.75, 3.05) is 27.9 Å². The van der Waals surface area contributed by atoms with Gasteiger partial charge in [-0.1, -0.05) is 30.3 Å². The number of aromatic amines is 1. The van der Waals surface area contributed by atoms with Crippen molar-refractivity contribution in [3.05, 3.63) is 83.0 Å². The molecule has 0 saturated heterocycles. The zero-order valence-corrected chi connectivity index (χ0v) is 19.2. The molecule has 1 atom stereocenters. The van der Waals surface area contributed by atoms with Crippen LogP contribution in [0.25, 0.3) is 10.9 Å². The number of fused-ring (bicyclic) bond motifs is 3. The molecule has 0 spiro atoms. The Balaban J connectivity index is 1.50. The second-order valence-corrected chi connectivity index (χ2v) is 8.21. The summed E-state index contributed by atoms with van der Waals surface area (Å²) in [5.41, 5.74) is 5.95. The molecule has 1 aliphatic heterocycles. The minimum atomic E-state index is 0.114. The Labute approximate surface area is 193 Å². The molecular formula is C27H29N2O4+. The fourth-order valence-electron chi connectivity index (χ4n) is 4.71. The molecule has 0 bridgehead atoms. The maximum absolute atomic E-state index is 6.09. The van der Waals surface area contributed by atoms with Crippen molar-refractivity contribution in [3.63, 3.8) is 0 Å². The Hall–Kier alpha value is -3.64. The third kappa shape index (κ3) is 3.98. The van der Waals surface area contributed by atoms with Crippen LogP contribution in [0.15, 0.2) is 60.7 Å². The summed E-state index contributed by atoms with van der Waals surface area (Å²) in [5, 5.41) is 3.58. The highest BCUT2D eigenvalue weighted by atomic mass is 16.5. The van der Waals surface area contributed by atoms with Gasteiger partial charge in [0.05, 0.1) is 33.6 Å². The zero-order chi connectivity index (χ0) is 22.8. The summed E-state index contributed by atoms with van der Waals surface area (Å²) in [7, 11) is 4.92. The first-order chi connectivity index (χ1) is 16.2. The molecule has 1 aliphatic rings. The lowest BCUT2D eigenvalue weighted by Gasteiger charge is -2.23. The lowest BCUT2D eigenvalue weighted by molar-refractivity contribution is -0.690. The first-order valence-electron chi connectivity index (χ1n) is 11.2. The highest BCUT2D eigenvalue weighted by Gasteiger charge is 2.30. The number of ether oxygens (including phenoxy) is 4. The number of methoxy groups -OCH3 is 3. The Bertz CT molecular complexity index is 1240. The molecule has 0 unspecified atom stereocenters. The van der Waals surface area contributed by atoms with E-state index in [1.165, 1.54) is 16.6 Å². The fourth-order valence-corrected chi connectivity index (χ4v) is 4.71. The minimum Gasteiger partial charge on any atom is -0.493 e. The third-order valence-corrected chi connectivity index (χ3v) is 6.31. The van der Waals surface area contributed by atoms with Crippen LogP contribution >= 0.6 is 0 Å². The molecule has 6 nitrogen and oxygen atoms in total. The molecule has 0 aliphatic carbocycles. The highest BCUT2D eigenvalue weighted by Crippen LogP contribution is 2.41. The van der Waals surface area contributed by atoms with E-state index in [9.17, 15) is 0 Å². The van der Waals surface area contributed by atoms with Gasteiger partial charge in [-0.25, -0.2) is 0 Å². The topological polar surface area (TPSA) is 69.3 Å². The Morgan fingerprint density at radius 3 is 2.36 bits per heavy atom. The summed E-state index contributed by atoms with van der Waals surface area (Å²) in [6.07, 6.45) is 0.998. The van der Waals surface area contributed by atoms with Gasteiger partial charge in [0, 0.05) is 22.9 Å². The van der Waals surface area contributed by atoms with Crippen LogP contribution < -0.4 is 24.3 Å². The van der Waals surface area contributed by atoms with E-state index < -0.39 is 0 Å². The van der Waals surface area contributed by atoms with Gasteiger partial charge in [0.2, 0.25) is 5.75 Å². The number of benzene rings is 3. The van der Waals surface area contributed by atoms with Crippen LogP contribution in [0.1, 0.15) is 28.4 Å². The van der Waals surface area contributed by atoms with Crippen molar-refractivity contribution in [2.45, 2.75) is 19.1 Å². The van der Waals surface area contributed by atoms with Gasteiger partial charge in [0.25, 0.3) is 0 Å².